The van der Waals surface area contributed by atoms with Gasteiger partial charge in [-0.05, 0) is 31.7 Å². The number of aliphatic imine (C=N–C) groups is 1. The molecule has 2 aliphatic rings. The number of pyridine rings is 1. The zero-order valence-electron chi connectivity index (χ0n) is 13.4. The van der Waals surface area contributed by atoms with E-state index in [4.69, 9.17) is 0 Å². The molecule has 0 radical (unpaired) electrons. The van der Waals surface area contributed by atoms with E-state index < -0.39 is 5.54 Å². The number of aromatic hydroxyl groups is 1. The Bertz CT molecular complexity index is 709. The minimum atomic E-state index is -0.883. The van der Waals surface area contributed by atoms with E-state index in [1.807, 2.05) is 13.8 Å². The highest BCUT2D eigenvalue weighted by Gasteiger charge is 2.42. The predicted octanol–water partition coefficient (Wildman–Crippen LogP) is 0.970. The summed E-state index contributed by atoms with van der Waals surface area (Å²) in [4.78, 5) is 32.6. The van der Waals surface area contributed by atoms with E-state index in [0.29, 0.717) is 0 Å². The van der Waals surface area contributed by atoms with Crippen molar-refractivity contribution in [2.45, 2.75) is 45.2 Å². The third-order valence-corrected chi connectivity index (χ3v) is 4.43. The van der Waals surface area contributed by atoms with E-state index in [9.17, 15) is 14.7 Å². The van der Waals surface area contributed by atoms with Crippen molar-refractivity contribution in [1.82, 2.24) is 15.6 Å². The van der Waals surface area contributed by atoms with Gasteiger partial charge in [0.2, 0.25) is 0 Å². The Hall–Kier alpha value is -2.44. The highest BCUT2D eigenvalue weighted by atomic mass is 16.3. The normalized spacial score (nSPS) is 23.7. The molecule has 3 rings (SSSR count). The topological polar surface area (TPSA) is 104 Å². The van der Waals surface area contributed by atoms with Crippen LogP contribution in [0.1, 0.15) is 49.7 Å². The first kappa shape index (κ1) is 15.5. The van der Waals surface area contributed by atoms with Crippen molar-refractivity contribution in [3.8, 4) is 5.75 Å². The zero-order valence-corrected chi connectivity index (χ0v) is 13.4. The van der Waals surface area contributed by atoms with Gasteiger partial charge in [-0.3, -0.25) is 9.59 Å². The fraction of sp³-hybridized carbons (Fsp3) is 0.500. The molecule has 1 saturated carbocycles. The molecule has 1 aliphatic heterocycles. The number of nitrogens with one attached hydrogen (secondary N) is 2. The Balaban J connectivity index is 1.86. The lowest BCUT2D eigenvalue weighted by molar-refractivity contribution is -0.124. The summed E-state index contributed by atoms with van der Waals surface area (Å²) in [6.45, 7) is 5.56. The highest BCUT2D eigenvalue weighted by molar-refractivity contribution is 6.15. The Morgan fingerprint density at radius 1 is 1.48 bits per heavy atom. The van der Waals surface area contributed by atoms with E-state index >= 15 is 0 Å². The third-order valence-electron chi connectivity index (χ3n) is 4.43. The standard InChI is InChI=1S/C16H20N4O3/c1-8(2)16(3)15(23)19-13(20-16)12-11(21)6-9(7-17-12)14(22)18-10-4-5-10/h6-8,10,21H,4-5H2,1-3H3,(H,18,22)(H,19,20,23). The average Bonchev–Trinajstić information content (AvgIpc) is 3.24. The molecule has 1 aromatic heterocycles. The second-order valence-corrected chi connectivity index (χ2v) is 6.56. The van der Waals surface area contributed by atoms with Gasteiger partial charge in [0.15, 0.2) is 5.84 Å². The number of carbonyl (C=O) groups excluding carboxylic acids is 2. The van der Waals surface area contributed by atoms with Crippen molar-refractivity contribution < 1.29 is 14.7 Å². The number of amidine groups is 1. The van der Waals surface area contributed by atoms with Crippen LogP contribution >= 0.6 is 0 Å². The Labute approximate surface area is 134 Å². The second-order valence-electron chi connectivity index (χ2n) is 6.56. The van der Waals surface area contributed by atoms with Gasteiger partial charge in [0, 0.05) is 12.2 Å². The summed E-state index contributed by atoms with van der Waals surface area (Å²) < 4.78 is 0. The molecule has 0 spiro atoms. The van der Waals surface area contributed by atoms with Crippen LogP contribution in [-0.4, -0.2) is 39.3 Å². The molecule has 1 aromatic rings. The SMILES string of the molecule is CC(C)C1(C)N=C(c2ncc(C(=O)NC3CC3)cc2O)NC1=O. The molecule has 1 aliphatic carbocycles. The van der Waals surface area contributed by atoms with Gasteiger partial charge < -0.3 is 15.7 Å². The Morgan fingerprint density at radius 2 is 2.17 bits per heavy atom. The van der Waals surface area contributed by atoms with Crippen molar-refractivity contribution in [2.75, 3.05) is 0 Å². The number of hydrogen-bond acceptors (Lipinski definition) is 5. The number of rotatable bonds is 4. The molecule has 1 fully saturated rings. The molecule has 0 saturated heterocycles. The first-order chi connectivity index (χ1) is 10.8. The third kappa shape index (κ3) is 2.78. The molecule has 0 bridgehead atoms. The fourth-order valence-corrected chi connectivity index (χ4v) is 2.30. The van der Waals surface area contributed by atoms with Crippen molar-refractivity contribution in [3.05, 3.63) is 23.5 Å². The van der Waals surface area contributed by atoms with Crippen LogP contribution in [-0.2, 0) is 4.79 Å². The van der Waals surface area contributed by atoms with E-state index in [1.165, 1.54) is 12.3 Å². The van der Waals surface area contributed by atoms with Gasteiger partial charge in [0.05, 0.1) is 5.56 Å². The molecule has 2 heterocycles. The van der Waals surface area contributed by atoms with Crippen molar-refractivity contribution >= 4 is 17.6 Å². The summed E-state index contributed by atoms with van der Waals surface area (Å²) in [5.74, 6) is -0.422. The molecule has 1 unspecified atom stereocenters. The van der Waals surface area contributed by atoms with E-state index in [1.54, 1.807) is 6.92 Å². The second kappa shape index (κ2) is 5.33. The first-order valence-electron chi connectivity index (χ1n) is 7.73. The van der Waals surface area contributed by atoms with Gasteiger partial charge in [0.1, 0.15) is 17.0 Å². The number of hydrogen-bond donors (Lipinski definition) is 3. The molecule has 3 N–H and O–H groups in total. The van der Waals surface area contributed by atoms with Crippen LogP contribution < -0.4 is 10.6 Å². The molecule has 1 atom stereocenters. The summed E-state index contributed by atoms with van der Waals surface area (Å²) >= 11 is 0. The molecule has 7 nitrogen and oxygen atoms in total. The van der Waals surface area contributed by atoms with Crippen LogP contribution in [0.2, 0.25) is 0 Å². The fourth-order valence-electron chi connectivity index (χ4n) is 2.30. The van der Waals surface area contributed by atoms with Gasteiger partial charge >= 0.3 is 0 Å². The number of amides is 2. The van der Waals surface area contributed by atoms with Crippen LogP contribution in [0.15, 0.2) is 17.3 Å². The molecule has 0 aromatic carbocycles. The molecular formula is C16H20N4O3. The summed E-state index contributed by atoms with van der Waals surface area (Å²) in [7, 11) is 0. The van der Waals surface area contributed by atoms with Crippen LogP contribution in [0.25, 0.3) is 0 Å². The molecule has 2 amide bonds. The summed E-state index contributed by atoms with van der Waals surface area (Å²) in [5.41, 5.74) is -0.425. The molecule has 23 heavy (non-hydrogen) atoms. The van der Waals surface area contributed by atoms with Gasteiger partial charge in [-0.2, -0.15) is 0 Å². The Kier molecular flexibility index (Phi) is 3.58. The maximum Gasteiger partial charge on any atom is 0.253 e. The average molecular weight is 316 g/mol. The number of nitrogens with zero attached hydrogens (tertiary/aromatic N) is 2. The van der Waals surface area contributed by atoms with E-state index in [2.05, 4.69) is 20.6 Å². The largest absolute Gasteiger partial charge is 0.506 e. The van der Waals surface area contributed by atoms with Gasteiger partial charge in [-0.25, -0.2) is 9.98 Å². The van der Waals surface area contributed by atoms with Crippen LogP contribution in [0.5, 0.6) is 5.75 Å². The molecule has 7 heteroatoms. The number of carbonyl (C=O) groups is 2. The lowest BCUT2D eigenvalue weighted by Crippen LogP contribution is -2.41. The first-order valence-corrected chi connectivity index (χ1v) is 7.73. The van der Waals surface area contributed by atoms with Crippen molar-refractivity contribution in [3.63, 3.8) is 0 Å². The lowest BCUT2D eigenvalue weighted by atomic mass is 9.89. The quantitative estimate of drug-likeness (QED) is 0.770. The maximum atomic E-state index is 12.1. The molecule has 122 valence electrons. The van der Waals surface area contributed by atoms with E-state index in [0.717, 1.165) is 12.8 Å². The van der Waals surface area contributed by atoms with E-state index in [-0.39, 0.29) is 46.6 Å². The summed E-state index contributed by atoms with van der Waals surface area (Å²) in [5, 5.41) is 15.7. The van der Waals surface area contributed by atoms with Crippen molar-refractivity contribution in [2.24, 2.45) is 10.9 Å². The smallest absolute Gasteiger partial charge is 0.253 e. The van der Waals surface area contributed by atoms with Gasteiger partial charge in [0.25, 0.3) is 11.8 Å². The highest BCUT2D eigenvalue weighted by Crippen LogP contribution is 2.28. The summed E-state index contributed by atoms with van der Waals surface area (Å²) in [6, 6.07) is 1.58. The van der Waals surface area contributed by atoms with Crippen LogP contribution in [0.4, 0.5) is 0 Å². The van der Waals surface area contributed by atoms with Gasteiger partial charge in [-0.15, -0.1) is 0 Å². The zero-order chi connectivity index (χ0) is 16.8. The van der Waals surface area contributed by atoms with Crippen molar-refractivity contribution in [1.29, 1.82) is 0 Å². The minimum absolute atomic E-state index is 0.00531. The minimum Gasteiger partial charge on any atom is -0.506 e. The van der Waals surface area contributed by atoms with Gasteiger partial charge in [-0.1, -0.05) is 13.8 Å². The number of aromatic nitrogens is 1. The lowest BCUT2D eigenvalue weighted by Gasteiger charge is -2.21. The monoisotopic (exact) mass is 316 g/mol. The summed E-state index contributed by atoms with van der Waals surface area (Å²) in [6.07, 6.45) is 3.35. The Morgan fingerprint density at radius 3 is 2.70 bits per heavy atom. The van der Waals surface area contributed by atoms with Crippen LogP contribution in [0, 0.1) is 5.92 Å². The molecular weight excluding hydrogens is 296 g/mol. The predicted molar refractivity (Wildman–Crippen MR) is 84.3 cm³/mol. The van der Waals surface area contributed by atoms with Crippen LogP contribution in [0.3, 0.4) is 0 Å². The maximum absolute atomic E-state index is 12.1.